The first-order valence-electron chi connectivity index (χ1n) is 7.31. The van der Waals surface area contributed by atoms with Gasteiger partial charge in [0.05, 0.1) is 25.5 Å². The molecule has 2 rings (SSSR count). The highest BCUT2D eigenvalue weighted by Gasteiger charge is 2.29. The number of carbonyl (C=O) groups excluding carboxylic acids is 1. The van der Waals surface area contributed by atoms with Gasteiger partial charge in [-0.25, -0.2) is 0 Å². The van der Waals surface area contributed by atoms with Crippen molar-refractivity contribution in [2.45, 2.75) is 25.0 Å². The van der Waals surface area contributed by atoms with Crippen LogP contribution in [-0.2, 0) is 9.53 Å². The standard InChI is InChI=1S/C15H24N2O4/c1-16(2)6-5-15(19)17-7-9-20-11-12(17)10-13(18)14-4-3-8-21-14/h3-4,8,12-13,18H,5-7,9-11H2,1-2H3. The summed E-state index contributed by atoms with van der Waals surface area (Å²) in [5.74, 6) is 0.643. The summed E-state index contributed by atoms with van der Waals surface area (Å²) in [6.45, 7) is 2.33. The predicted molar refractivity (Wildman–Crippen MR) is 77.8 cm³/mol. The summed E-state index contributed by atoms with van der Waals surface area (Å²) < 4.78 is 10.7. The zero-order valence-electron chi connectivity index (χ0n) is 12.7. The van der Waals surface area contributed by atoms with Crippen molar-refractivity contribution in [2.24, 2.45) is 0 Å². The van der Waals surface area contributed by atoms with Crippen LogP contribution < -0.4 is 0 Å². The van der Waals surface area contributed by atoms with Crippen LogP contribution in [0.3, 0.4) is 0 Å². The molecule has 6 nitrogen and oxygen atoms in total. The molecule has 0 aliphatic carbocycles. The number of furan rings is 1. The van der Waals surface area contributed by atoms with E-state index in [0.29, 0.717) is 38.4 Å². The molecule has 1 aliphatic heterocycles. The lowest BCUT2D eigenvalue weighted by Gasteiger charge is -2.36. The summed E-state index contributed by atoms with van der Waals surface area (Å²) in [5.41, 5.74) is 0. The van der Waals surface area contributed by atoms with Crippen LogP contribution in [0.25, 0.3) is 0 Å². The second-order valence-corrected chi connectivity index (χ2v) is 5.64. The average molecular weight is 296 g/mol. The predicted octanol–water partition coefficient (Wildman–Crippen LogP) is 0.882. The van der Waals surface area contributed by atoms with E-state index in [4.69, 9.17) is 9.15 Å². The SMILES string of the molecule is CN(C)CCC(=O)N1CCOCC1CC(O)c1ccco1. The van der Waals surface area contributed by atoms with Gasteiger partial charge in [-0.05, 0) is 26.2 Å². The third kappa shape index (κ3) is 4.56. The first-order chi connectivity index (χ1) is 10.1. The number of carbonyl (C=O) groups is 1. The number of aliphatic hydroxyl groups is 1. The molecule has 0 aromatic carbocycles. The maximum absolute atomic E-state index is 12.3. The van der Waals surface area contributed by atoms with Crippen molar-refractivity contribution in [1.29, 1.82) is 0 Å². The quantitative estimate of drug-likeness (QED) is 0.844. The largest absolute Gasteiger partial charge is 0.467 e. The summed E-state index contributed by atoms with van der Waals surface area (Å²) in [4.78, 5) is 16.1. The summed E-state index contributed by atoms with van der Waals surface area (Å²) in [6, 6.07) is 3.39. The molecule has 6 heteroatoms. The molecule has 2 atom stereocenters. The Hall–Kier alpha value is -1.37. The van der Waals surface area contributed by atoms with E-state index in [9.17, 15) is 9.90 Å². The normalized spacial score (nSPS) is 20.8. The smallest absolute Gasteiger partial charge is 0.224 e. The minimum atomic E-state index is -0.712. The maximum Gasteiger partial charge on any atom is 0.224 e. The summed E-state index contributed by atoms with van der Waals surface area (Å²) in [6.07, 6.45) is 1.74. The van der Waals surface area contributed by atoms with Gasteiger partial charge in [0, 0.05) is 25.9 Å². The Balaban J connectivity index is 1.93. The van der Waals surface area contributed by atoms with Gasteiger partial charge in [-0.3, -0.25) is 4.79 Å². The first kappa shape index (κ1) is 16.0. The molecule has 0 radical (unpaired) electrons. The highest BCUT2D eigenvalue weighted by Crippen LogP contribution is 2.23. The summed E-state index contributed by atoms with van der Waals surface area (Å²) >= 11 is 0. The van der Waals surface area contributed by atoms with E-state index in [0.717, 1.165) is 6.54 Å². The van der Waals surface area contributed by atoms with Gasteiger partial charge in [-0.1, -0.05) is 0 Å². The van der Waals surface area contributed by atoms with Crippen LogP contribution in [0.4, 0.5) is 0 Å². The highest BCUT2D eigenvalue weighted by atomic mass is 16.5. The Morgan fingerprint density at radius 2 is 2.38 bits per heavy atom. The fraction of sp³-hybridized carbons (Fsp3) is 0.667. The maximum atomic E-state index is 12.3. The molecule has 2 unspecified atom stereocenters. The topological polar surface area (TPSA) is 66.2 Å². The first-order valence-corrected chi connectivity index (χ1v) is 7.31. The van der Waals surface area contributed by atoms with Gasteiger partial charge < -0.3 is 24.1 Å². The molecule has 1 amide bonds. The van der Waals surface area contributed by atoms with Crippen molar-refractivity contribution in [3.63, 3.8) is 0 Å². The minimum absolute atomic E-state index is 0.103. The third-order valence-electron chi connectivity index (χ3n) is 3.69. The summed E-state index contributed by atoms with van der Waals surface area (Å²) in [7, 11) is 3.90. The van der Waals surface area contributed by atoms with Gasteiger partial charge in [0.1, 0.15) is 11.9 Å². The number of morpholine rings is 1. The van der Waals surface area contributed by atoms with E-state index in [1.807, 2.05) is 23.9 Å². The van der Waals surface area contributed by atoms with Gasteiger partial charge in [0.2, 0.25) is 5.91 Å². The number of amides is 1. The zero-order valence-corrected chi connectivity index (χ0v) is 12.7. The van der Waals surface area contributed by atoms with E-state index in [1.165, 1.54) is 6.26 Å². The highest BCUT2D eigenvalue weighted by molar-refractivity contribution is 5.76. The number of nitrogens with zero attached hydrogens (tertiary/aromatic N) is 2. The van der Waals surface area contributed by atoms with Crippen LogP contribution in [0.15, 0.2) is 22.8 Å². The zero-order chi connectivity index (χ0) is 15.2. The van der Waals surface area contributed by atoms with Gasteiger partial charge in [0.15, 0.2) is 0 Å². The Bertz CT molecular complexity index is 433. The van der Waals surface area contributed by atoms with Crippen molar-refractivity contribution in [3.05, 3.63) is 24.2 Å². The Kier molecular flexibility index (Phi) is 5.78. The molecule has 1 aromatic rings. The molecule has 0 spiro atoms. The lowest BCUT2D eigenvalue weighted by atomic mass is 10.0. The number of aliphatic hydroxyl groups excluding tert-OH is 1. The monoisotopic (exact) mass is 296 g/mol. The van der Waals surface area contributed by atoms with Crippen LogP contribution in [-0.4, -0.2) is 67.3 Å². The van der Waals surface area contributed by atoms with Crippen LogP contribution in [0, 0.1) is 0 Å². The van der Waals surface area contributed by atoms with E-state index < -0.39 is 6.10 Å². The van der Waals surface area contributed by atoms with E-state index in [-0.39, 0.29) is 11.9 Å². The van der Waals surface area contributed by atoms with Crippen LogP contribution in [0.2, 0.25) is 0 Å². The molecule has 1 aliphatic rings. The molecule has 1 aromatic heterocycles. The molecule has 118 valence electrons. The molecule has 0 bridgehead atoms. The van der Waals surface area contributed by atoms with Gasteiger partial charge in [0.25, 0.3) is 0 Å². The van der Waals surface area contributed by atoms with E-state index in [2.05, 4.69) is 0 Å². The lowest BCUT2D eigenvalue weighted by Crippen LogP contribution is -2.49. The Morgan fingerprint density at radius 1 is 1.57 bits per heavy atom. The van der Waals surface area contributed by atoms with E-state index >= 15 is 0 Å². The molecule has 0 saturated carbocycles. The lowest BCUT2D eigenvalue weighted by molar-refractivity contribution is -0.141. The van der Waals surface area contributed by atoms with Crippen LogP contribution in [0.5, 0.6) is 0 Å². The number of rotatable bonds is 6. The van der Waals surface area contributed by atoms with Crippen molar-refractivity contribution in [2.75, 3.05) is 40.4 Å². The Morgan fingerprint density at radius 3 is 3.05 bits per heavy atom. The second kappa shape index (κ2) is 7.59. The number of ether oxygens (including phenoxy) is 1. The average Bonchev–Trinajstić information content (AvgIpc) is 2.99. The molecule has 2 heterocycles. The van der Waals surface area contributed by atoms with Gasteiger partial charge in [-0.2, -0.15) is 0 Å². The molecule has 1 saturated heterocycles. The number of hydrogen-bond acceptors (Lipinski definition) is 5. The molecular formula is C15H24N2O4. The molecular weight excluding hydrogens is 272 g/mol. The Labute approximate surface area is 125 Å². The molecule has 1 fully saturated rings. The molecule has 1 N–H and O–H groups in total. The fourth-order valence-electron chi connectivity index (χ4n) is 2.50. The molecule has 21 heavy (non-hydrogen) atoms. The van der Waals surface area contributed by atoms with Gasteiger partial charge >= 0.3 is 0 Å². The van der Waals surface area contributed by atoms with Crippen molar-refractivity contribution < 1.29 is 19.1 Å². The van der Waals surface area contributed by atoms with Crippen LogP contribution >= 0.6 is 0 Å². The van der Waals surface area contributed by atoms with Crippen molar-refractivity contribution in [3.8, 4) is 0 Å². The summed E-state index contributed by atoms with van der Waals surface area (Å²) in [5, 5.41) is 10.2. The second-order valence-electron chi connectivity index (χ2n) is 5.64. The van der Waals surface area contributed by atoms with E-state index in [1.54, 1.807) is 12.1 Å². The number of hydrogen-bond donors (Lipinski definition) is 1. The van der Waals surface area contributed by atoms with Crippen molar-refractivity contribution >= 4 is 5.91 Å². The van der Waals surface area contributed by atoms with Crippen LogP contribution in [0.1, 0.15) is 24.7 Å². The minimum Gasteiger partial charge on any atom is -0.467 e. The third-order valence-corrected chi connectivity index (χ3v) is 3.69. The van der Waals surface area contributed by atoms with Crippen molar-refractivity contribution in [1.82, 2.24) is 9.80 Å². The fourth-order valence-corrected chi connectivity index (χ4v) is 2.50. The van der Waals surface area contributed by atoms with Gasteiger partial charge in [-0.15, -0.1) is 0 Å².